The van der Waals surface area contributed by atoms with Gasteiger partial charge in [0.25, 0.3) is 0 Å². The number of aliphatic hydroxyl groups is 1. The number of benzene rings is 2. The quantitative estimate of drug-likeness (QED) is 0.525. The third kappa shape index (κ3) is 7.81. The topological polar surface area (TPSA) is 38.7 Å². The molecule has 0 radical (unpaired) electrons. The van der Waals surface area contributed by atoms with Crippen molar-refractivity contribution in [3.8, 4) is 5.75 Å². The molecule has 3 nitrogen and oxygen atoms in total. The largest absolute Gasteiger partial charge is 0.497 e. The van der Waals surface area contributed by atoms with Gasteiger partial charge < -0.3 is 14.6 Å². The molecule has 0 saturated carbocycles. The molecule has 0 bridgehead atoms. The lowest BCUT2D eigenvalue weighted by Crippen LogP contribution is -2.04. The second-order valence-electron chi connectivity index (χ2n) is 6.44. The Morgan fingerprint density at radius 3 is 2.41 bits per heavy atom. The number of methoxy groups -OCH3 is 1. The van der Waals surface area contributed by atoms with Crippen LogP contribution in [-0.2, 0) is 11.3 Å². The van der Waals surface area contributed by atoms with Crippen molar-refractivity contribution in [2.45, 2.75) is 45.0 Å². The lowest BCUT2D eigenvalue weighted by atomic mass is 10.1. The molecular formula is C24H30O3. The molecule has 0 aliphatic heterocycles. The highest BCUT2D eigenvalue weighted by atomic mass is 16.5. The van der Waals surface area contributed by atoms with Crippen LogP contribution in [0.4, 0.5) is 0 Å². The minimum atomic E-state index is -0.365. The number of hydrogen-bond acceptors (Lipinski definition) is 3. The Labute approximate surface area is 163 Å². The normalized spacial score (nSPS) is 13.9. The summed E-state index contributed by atoms with van der Waals surface area (Å²) < 4.78 is 11.4. The molecule has 0 aliphatic rings. The van der Waals surface area contributed by atoms with Crippen LogP contribution in [0.1, 0.15) is 43.4 Å². The second-order valence-corrected chi connectivity index (χ2v) is 6.44. The average molecular weight is 367 g/mol. The molecule has 27 heavy (non-hydrogen) atoms. The Morgan fingerprint density at radius 2 is 1.74 bits per heavy atom. The van der Waals surface area contributed by atoms with Gasteiger partial charge in [-0.05, 0) is 49.4 Å². The molecular weight excluding hydrogens is 336 g/mol. The summed E-state index contributed by atoms with van der Waals surface area (Å²) in [7, 11) is 1.67. The Morgan fingerprint density at radius 1 is 1.00 bits per heavy atom. The standard InChI is InChI=1S/C24H30O3/c1-3-10-22(25)13-8-5-9-14-24(21-11-6-4-7-12-21)27-19-20-15-17-23(26-2)18-16-20/h3-7,9-12,15-18,22,24-25H,8,13-14,19H2,1-2H3/b9-5-,10-3+/t22-,24+/m0/s1. The van der Waals surface area contributed by atoms with Gasteiger partial charge in [-0.3, -0.25) is 0 Å². The van der Waals surface area contributed by atoms with Crippen LogP contribution in [-0.4, -0.2) is 18.3 Å². The van der Waals surface area contributed by atoms with Crippen LogP contribution in [0.25, 0.3) is 0 Å². The van der Waals surface area contributed by atoms with E-state index in [1.54, 1.807) is 7.11 Å². The minimum Gasteiger partial charge on any atom is -0.497 e. The smallest absolute Gasteiger partial charge is 0.118 e. The summed E-state index contributed by atoms with van der Waals surface area (Å²) >= 11 is 0. The first kappa shape index (κ1) is 20.9. The van der Waals surface area contributed by atoms with E-state index in [1.165, 1.54) is 5.56 Å². The minimum absolute atomic E-state index is 0.00464. The van der Waals surface area contributed by atoms with Gasteiger partial charge in [0.2, 0.25) is 0 Å². The summed E-state index contributed by atoms with van der Waals surface area (Å²) in [6.07, 6.45) is 10.0. The fourth-order valence-electron chi connectivity index (χ4n) is 2.81. The molecule has 2 atom stereocenters. The van der Waals surface area contributed by atoms with Gasteiger partial charge in [-0.2, -0.15) is 0 Å². The van der Waals surface area contributed by atoms with Gasteiger partial charge in [0, 0.05) is 0 Å². The summed E-state index contributed by atoms with van der Waals surface area (Å²) in [6, 6.07) is 18.2. The van der Waals surface area contributed by atoms with E-state index in [9.17, 15) is 5.11 Å². The van der Waals surface area contributed by atoms with Crippen molar-refractivity contribution in [3.05, 3.63) is 90.0 Å². The maximum absolute atomic E-state index is 9.73. The highest BCUT2D eigenvalue weighted by Gasteiger charge is 2.10. The Bertz CT molecular complexity index is 689. The van der Waals surface area contributed by atoms with Gasteiger partial charge in [0.05, 0.1) is 25.9 Å². The monoisotopic (exact) mass is 366 g/mol. The Kier molecular flexibility index (Phi) is 9.39. The Balaban J connectivity index is 1.91. The van der Waals surface area contributed by atoms with Crippen LogP contribution in [0.5, 0.6) is 5.75 Å². The fourth-order valence-corrected chi connectivity index (χ4v) is 2.81. The van der Waals surface area contributed by atoms with E-state index in [4.69, 9.17) is 9.47 Å². The van der Waals surface area contributed by atoms with E-state index in [-0.39, 0.29) is 12.2 Å². The summed E-state index contributed by atoms with van der Waals surface area (Å²) in [4.78, 5) is 0. The zero-order valence-corrected chi connectivity index (χ0v) is 16.3. The van der Waals surface area contributed by atoms with Crippen molar-refractivity contribution in [1.82, 2.24) is 0 Å². The van der Waals surface area contributed by atoms with Crippen LogP contribution in [0.2, 0.25) is 0 Å². The van der Waals surface area contributed by atoms with Gasteiger partial charge in [0.1, 0.15) is 5.75 Å². The first-order valence-corrected chi connectivity index (χ1v) is 9.48. The number of ether oxygens (including phenoxy) is 2. The van der Waals surface area contributed by atoms with Gasteiger partial charge in [-0.15, -0.1) is 0 Å². The predicted molar refractivity (Wildman–Crippen MR) is 111 cm³/mol. The van der Waals surface area contributed by atoms with Crippen molar-refractivity contribution >= 4 is 0 Å². The molecule has 0 amide bonds. The Hall–Kier alpha value is -2.36. The molecule has 3 heteroatoms. The molecule has 2 aromatic rings. The third-order valence-corrected chi connectivity index (χ3v) is 4.34. The molecule has 0 unspecified atom stereocenters. The summed E-state index contributed by atoms with van der Waals surface area (Å²) in [6.45, 7) is 2.47. The van der Waals surface area contributed by atoms with Crippen molar-refractivity contribution in [1.29, 1.82) is 0 Å². The number of aliphatic hydroxyl groups excluding tert-OH is 1. The van der Waals surface area contributed by atoms with Gasteiger partial charge in [-0.25, -0.2) is 0 Å². The molecule has 2 aromatic carbocycles. The highest BCUT2D eigenvalue weighted by Crippen LogP contribution is 2.24. The van der Waals surface area contributed by atoms with Crippen molar-refractivity contribution in [3.63, 3.8) is 0 Å². The van der Waals surface area contributed by atoms with Gasteiger partial charge >= 0.3 is 0 Å². The molecule has 2 rings (SSSR count). The lowest BCUT2D eigenvalue weighted by Gasteiger charge is -2.17. The molecule has 0 spiro atoms. The summed E-state index contributed by atoms with van der Waals surface area (Å²) in [5.74, 6) is 0.849. The van der Waals surface area contributed by atoms with E-state index in [0.717, 1.165) is 30.6 Å². The predicted octanol–water partition coefficient (Wildman–Crippen LogP) is 5.62. The van der Waals surface area contributed by atoms with Crippen LogP contribution >= 0.6 is 0 Å². The average Bonchev–Trinajstić information content (AvgIpc) is 2.71. The second kappa shape index (κ2) is 12.1. The first-order valence-electron chi connectivity index (χ1n) is 9.48. The van der Waals surface area contributed by atoms with Crippen LogP contribution < -0.4 is 4.74 Å². The van der Waals surface area contributed by atoms with E-state index in [0.29, 0.717) is 6.61 Å². The molecule has 0 saturated heterocycles. The summed E-state index contributed by atoms with van der Waals surface area (Å²) in [5.41, 5.74) is 2.29. The number of rotatable bonds is 11. The lowest BCUT2D eigenvalue weighted by molar-refractivity contribution is 0.0416. The zero-order chi connectivity index (χ0) is 19.3. The molecule has 1 N–H and O–H groups in total. The molecule has 0 fully saturated rings. The van der Waals surface area contributed by atoms with E-state index < -0.39 is 0 Å². The maximum Gasteiger partial charge on any atom is 0.118 e. The summed E-state index contributed by atoms with van der Waals surface area (Å²) in [5, 5.41) is 9.73. The SMILES string of the molecule is C/C=C/[C@H](O)CC/C=C\C[C@@H](OCc1ccc(OC)cc1)c1ccccc1. The van der Waals surface area contributed by atoms with E-state index in [2.05, 4.69) is 24.3 Å². The molecule has 0 aromatic heterocycles. The molecule has 0 heterocycles. The van der Waals surface area contributed by atoms with E-state index in [1.807, 2.05) is 61.5 Å². The molecule has 0 aliphatic carbocycles. The van der Waals surface area contributed by atoms with Crippen LogP contribution in [0.3, 0.4) is 0 Å². The van der Waals surface area contributed by atoms with Crippen molar-refractivity contribution < 1.29 is 14.6 Å². The van der Waals surface area contributed by atoms with E-state index >= 15 is 0 Å². The zero-order valence-electron chi connectivity index (χ0n) is 16.3. The number of allylic oxidation sites excluding steroid dienone is 2. The van der Waals surface area contributed by atoms with Crippen LogP contribution in [0.15, 0.2) is 78.9 Å². The van der Waals surface area contributed by atoms with Crippen molar-refractivity contribution in [2.75, 3.05) is 7.11 Å². The van der Waals surface area contributed by atoms with Crippen LogP contribution in [0, 0.1) is 0 Å². The van der Waals surface area contributed by atoms with Gasteiger partial charge in [-0.1, -0.05) is 66.8 Å². The highest BCUT2D eigenvalue weighted by molar-refractivity contribution is 5.27. The first-order chi connectivity index (χ1) is 13.2. The number of hydrogen-bond donors (Lipinski definition) is 1. The van der Waals surface area contributed by atoms with Gasteiger partial charge in [0.15, 0.2) is 0 Å². The third-order valence-electron chi connectivity index (χ3n) is 4.34. The molecule has 144 valence electrons. The fraction of sp³-hybridized carbons (Fsp3) is 0.333. The van der Waals surface area contributed by atoms with Crippen molar-refractivity contribution in [2.24, 2.45) is 0 Å². The maximum atomic E-state index is 9.73.